The van der Waals surface area contributed by atoms with Gasteiger partial charge in [-0.25, -0.2) is 9.78 Å². The number of ether oxygens (including phenoxy) is 1. The van der Waals surface area contributed by atoms with E-state index in [0.29, 0.717) is 5.57 Å². The topological polar surface area (TPSA) is 52.1 Å². The number of methoxy groups -OCH3 is 1. The lowest BCUT2D eigenvalue weighted by Crippen LogP contribution is -2.04. The number of carbonyl (C=O) groups is 1. The normalized spacial score (nSPS) is 11.4. The molecule has 4 nitrogen and oxygen atoms in total. The molecule has 0 amide bonds. The highest BCUT2D eigenvalue weighted by atomic mass is 32.1. The van der Waals surface area contributed by atoms with Gasteiger partial charge in [0.05, 0.1) is 23.3 Å². The van der Waals surface area contributed by atoms with Gasteiger partial charge in [-0.15, -0.1) is 22.7 Å². The lowest BCUT2D eigenvalue weighted by atomic mass is 10.1. The zero-order chi connectivity index (χ0) is 15.4. The van der Waals surface area contributed by atoms with Gasteiger partial charge in [-0.1, -0.05) is 6.07 Å². The maximum absolute atomic E-state index is 12.0. The first kappa shape index (κ1) is 14.6. The van der Waals surface area contributed by atoms with Gasteiger partial charge in [-0.05, 0) is 35.2 Å². The molecule has 0 radical (unpaired) electrons. The van der Waals surface area contributed by atoms with Crippen molar-refractivity contribution in [1.82, 2.24) is 9.97 Å². The highest BCUT2D eigenvalue weighted by molar-refractivity contribution is 7.20. The number of aromatic nitrogens is 2. The van der Waals surface area contributed by atoms with Crippen molar-refractivity contribution in [3.05, 3.63) is 58.7 Å². The summed E-state index contributed by atoms with van der Waals surface area (Å²) in [6, 6.07) is 7.57. The van der Waals surface area contributed by atoms with E-state index >= 15 is 0 Å². The van der Waals surface area contributed by atoms with E-state index in [-0.39, 0.29) is 0 Å². The molecule has 3 aromatic rings. The van der Waals surface area contributed by atoms with Crippen LogP contribution in [0.1, 0.15) is 11.3 Å². The molecule has 22 heavy (non-hydrogen) atoms. The number of rotatable bonds is 4. The minimum atomic E-state index is -0.392. The molecule has 6 heteroatoms. The summed E-state index contributed by atoms with van der Waals surface area (Å²) < 4.78 is 4.87. The molecule has 3 aromatic heterocycles. The average Bonchev–Trinajstić information content (AvgIpc) is 3.24. The number of hydrogen-bond donors (Lipinski definition) is 0. The van der Waals surface area contributed by atoms with Gasteiger partial charge in [0.2, 0.25) is 0 Å². The third-order valence-electron chi connectivity index (χ3n) is 2.94. The van der Waals surface area contributed by atoms with Crippen LogP contribution in [0.2, 0.25) is 0 Å². The second kappa shape index (κ2) is 6.64. The maximum atomic E-state index is 12.0. The van der Waals surface area contributed by atoms with E-state index in [9.17, 15) is 4.79 Å². The van der Waals surface area contributed by atoms with Gasteiger partial charge in [-0.2, -0.15) is 0 Å². The molecule has 3 heterocycles. The van der Waals surface area contributed by atoms with Crippen LogP contribution in [-0.2, 0) is 9.53 Å². The van der Waals surface area contributed by atoms with Crippen molar-refractivity contribution in [3.63, 3.8) is 0 Å². The molecule has 0 spiro atoms. The smallest absolute Gasteiger partial charge is 0.338 e. The zero-order valence-electron chi connectivity index (χ0n) is 11.7. The highest BCUT2D eigenvalue weighted by Crippen LogP contribution is 2.29. The van der Waals surface area contributed by atoms with Gasteiger partial charge >= 0.3 is 5.97 Å². The van der Waals surface area contributed by atoms with Crippen molar-refractivity contribution in [3.8, 4) is 9.88 Å². The van der Waals surface area contributed by atoms with Gasteiger partial charge in [0, 0.05) is 17.8 Å². The van der Waals surface area contributed by atoms with Gasteiger partial charge < -0.3 is 4.74 Å². The molecule has 0 bridgehead atoms. The molecule has 0 fully saturated rings. The predicted octanol–water partition coefficient (Wildman–Crippen LogP) is 3.98. The molecule has 0 N–H and O–H groups in total. The van der Waals surface area contributed by atoms with Crippen LogP contribution in [0.4, 0.5) is 0 Å². The van der Waals surface area contributed by atoms with Crippen molar-refractivity contribution < 1.29 is 9.53 Å². The van der Waals surface area contributed by atoms with Crippen molar-refractivity contribution in [2.24, 2.45) is 0 Å². The molecule has 0 unspecified atom stereocenters. The first-order valence-electron chi connectivity index (χ1n) is 6.48. The lowest BCUT2D eigenvalue weighted by Gasteiger charge is -2.04. The Morgan fingerprint density at radius 2 is 2.05 bits per heavy atom. The second-order valence-electron chi connectivity index (χ2n) is 4.34. The van der Waals surface area contributed by atoms with E-state index < -0.39 is 5.97 Å². The molecule has 0 aromatic carbocycles. The van der Waals surface area contributed by atoms with Crippen LogP contribution in [0.15, 0.2) is 47.4 Å². The molecule has 0 aliphatic heterocycles. The quantitative estimate of drug-likeness (QED) is 0.537. The molecule has 0 saturated heterocycles. The zero-order valence-corrected chi connectivity index (χ0v) is 13.4. The first-order valence-corrected chi connectivity index (χ1v) is 8.23. The molecular formula is C16H12N2O2S2. The third kappa shape index (κ3) is 3.13. The minimum Gasteiger partial charge on any atom is -0.465 e. The fourth-order valence-electron chi connectivity index (χ4n) is 1.92. The Kier molecular flexibility index (Phi) is 4.41. The van der Waals surface area contributed by atoms with Crippen LogP contribution in [0, 0.1) is 0 Å². The number of hydrogen-bond acceptors (Lipinski definition) is 6. The first-order chi connectivity index (χ1) is 10.8. The summed E-state index contributed by atoms with van der Waals surface area (Å²) in [6.07, 6.45) is 5.03. The van der Waals surface area contributed by atoms with Crippen LogP contribution < -0.4 is 0 Å². The number of thiophene rings is 1. The largest absolute Gasteiger partial charge is 0.465 e. The van der Waals surface area contributed by atoms with E-state index in [2.05, 4.69) is 9.97 Å². The van der Waals surface area contributed by atoms with Crippen LogP contribution in [0.5, 0.6) is 0 Å². The fourth-order valence-corrected chi connectivity index (χ4v) is 3.51. The Balaban J connectivity index is 1.98. The summed E-state index contributed by atoms with van der Waals surface area (Å²) in [5.41, 5.74) is 1.96. The lowest BCUT2D eigenvalue weighted by molar-refractivity contribution is -0.133. The van der Waals surface area contributed by atoms with Crippen LogP contribution in [0.3, 0.4) is 0 Å². The summed E-state index contributed by atoms with van der Waals surface area (Å²) in [5, 5.41) is 4.89. The molecule has 110 valence electrons. The van der Waals surface area contributed by atoms with Crippen molar-refractivity contribution in [2.75, 3.05) is 7.11 Å². The van der Waals surface area contributed by atoms with Crippen LogP contribution in [0.25, 0.3) is 21.5 Å². The van der Waals surface area contributed by atoms with E-state index in [1.54, 1.807) is 53.3 Å². The van der Waals surface area contributed by atoms with Crippen LogP contribution >= 0.6 is 22.7 Å². The number of thiazole rings is 1. The standard InChI is InChI=1S/C16H12N2O2S2/c1-20-16(19)13(11-4-6-17-7-5-11)9-12-10-22-15(18-12)14-3-2-8-21-14/h2-10H,1H3/b13-9-. The Bertz CT molecular complexity index is 793. The number of carbonyl (C=O) groups excluding carboxylic acids is 1. The van der Waals surface area contributed by atoms with E-state index in [0.717, 1.165) is 21.1 Å². The number of esters is 1. The molecule has 0 atom stereocenters. The monoisotopic (exact) mass is 328 g/mol. The Morgan fingerprint density at radius 1 is 1.23 bits per heavy atom. The highest BCUT2D eigenvalue weighted by Gasteiger charge is 2.13. The minimum absolute atomic E-state index is 0.392. The Morgan fingerprint density at radius 3 is 2.73 bits per heavy atom. The maximum Gasteiger partial charge on any atom is 0.338 e. The summed E-state index contributed by atoms with van der Waals surface area (Å²) in [6.45, 7) is 0. The second-order valence-corrected chi connectivity index (χ2v) is 6.15. The van der Waals surface area contributed by atoms with Gasteiger partial charge in [0.25, 0.3) is 0 Å². The van der Waals surface area contributed by atoms with Gasteiger partial charge in [0.1, 0.15) is 5.01 Å². The van der Waals surface area contributed by atoms with E-state index in [1.165, 1.54) is 7.11 Å². The molecule has 3 rings (SSSR count). The predicted molar refractivity (Wildman–Crippen MR) is 89.6 cm³/mol. The third-order valence-corrected chi connectivity index (χ3v) is 4.84. The Hall–Kier alpha value is -2.31. The molecule has 0 aliphatic carbocycles. The summed E-state index contributed by atoms with van der Waals surface area (Å²) >= 11 is 3.20. The molecular weight excluding hydrogens is 316 g/mol. The fraction of sp³-hybridized carbons (Fsp3) is 0.0625. The van der Waals surface area contributed by atoms with Crippen molar-refractivity contribution in [2.45, 2.75) is 0 Å². The summed E-state index contributed by atoms with van der Waals surface area (Å²) in [5.74, 6) is -0.392. The number of pyridine rings is 1. The summed E-state index contributed by atoms with van der Waals surface area (Å²) in [7, 11) is 1.37. The van der Waals surface area contributed by atoms with E-state index in [4.69, 9.17) is 4.74 Å². The SMILES string of the molecule is COC(=O)/C(=C\c1csc(-c2cccs2)n1)c1ccncc1. The number of nitrogens with zero attached hydrogens (tertiary/aromatic N) is 2. The molecule has 0 saturated carbocycles. The van der Waals surface area contributed by atoms with Crippen molar-refractivity contribution >= 4 is 40.3 Å². The van der Waals surface area contributed by atoms with Crippen molar-refractivity contribution in [1.29, 1.82) is 0 Å². The Labute approximate surface area is 135 Å². The summed E-state index contributed by atoms with van der Waals surface area (Å²) in [4.78, 5) is 21.7. The average molecular weight is 328 g/mol. The van der Waals surface area contributed by atoms with E-state index in [1.807, 2.05) is 22.9 Å². The molecule has 0 aliphatic rings. The van der Waals surface area contributed by atoms with Crippen LogP contribution in [-0.4, -0.2) is 23.0 Å². The van der Waals surface area contributed by atoms with Gasteiger partial charge in [-0.3, -0.25) is 4.98 Å². The van der Waals surface area contributed by atoms with Gasteiger partial charge in [0.15, 0.2) is 0 Å².